The lowest BCUT2D eigenvalue weighted by Gasteiger charge is -2.16. The molecule has 1 aliphatic rings. The molecule has 1 aliphatic heterocycles. The first-order valence-electron chi connectivity index (χ1n) is 6.11. The average Bonchev–Trinajstić information content (AvgIpc) is 2.91. The molecule has 1 heterocycles. The fourth-order valence-corrected chi connectivity index (χ4v) is 1.99. The maximum atomic E-state index is 11.8. The van der Waals surface area contributed by atoms with Gasteiger partial charge in [0.1, 0.15) is 5.75 Å². The number of carbonyl (C=O) groups excluding carboxylic acids is 1. The molecule has 0 spiro atoms. The quantitative estimate of drug-likeness (QED) is 0.790. The van der Waals surface area contributed by atoms with Gasteiger partial charge in [-0.1, -0.05) is 0 Å². The van der Waals surface area contributed by atoms with Gasteiger partial charge in [0.2, 0.25) is 0 Å². The smallest absolute Gasteiger partial charge is 0.335 e. The molecule has 0 bridgehead atoms. The molecule has 0 saturated carbocycles. The van der Waals surface area contributed by atoms with Crippen LogP contribution in [0.15, 0.2) is 18.2 Å². The highest BCUT2D eigenvalue weighted by molar-refractivity contribution is 5.89. The van der Waals surface area contributed by atoms with Gasteiger partial charge in [0.15, 0.2) is 6.61 Å². The van der Waals surface area contributed by atoms with Crippen molar-refractivity contribution in [3.05, 3.63) is 23.8 Å². The Bertz CT molecular complexity index is 495. The molecule has 0 aromatic heterocycles. The van der Waals surface area contributed by atoms with Crippen LogP contribution in [0.1, 0.15) is 23.2 Å². The van der Waals surface area contributed by atoms with E-state index < -0.39 is 5.97 Å². The summed E-state index contributed by atoms with van der Waals surface area (Å²) >= 11 is 0. The van der Waals surface area contributed by atoms with Crippen LogP contribution in [0.2, 0.25) is 0 Å². The van der Waals surface area contributed by atoms with Crippen LogP contribution in [0.3, 0.4) is 0 Å². The monoisotopic (exact) mass is 264 g/mol. The van der Waals surface area contributed by atoms with Gasteiger partial charge < -0.3 is 20.5 Å². The van der Waals surface area contributed by atoms with Crippen LogP contribution in [0.25, 0.3) is 0 Å². The third-order valence-electron chi connectivity index (χ3n) is 3.07. The maximum Gasteiger partial charge on any atom is 0.335 e. The van der Waals surface area contributed by atoms with Crippen molar-refractivity contribution >= 4 is 17.6 Å². The molecule has 6 heteroatoms. The van der Waals surface area contributed by atoms with Crippen molar-refractivity contribution in [1.29, 1.82) is 0 Å². The SMILES string of the molecule is Nc1ccc(C(=O)O)cc1OCC(=O)N1CCCC1. The second-order valence-electron chi connectivity index (χ2n) is 4.43. The number of nitrogens with two attached hydrogens (primary N) is 1. The van der Waals surface area contributed by atoms with Gasteiger partial charge in [-0.25, -0.2) is 4.79 Å². The molecule has 0 aliphatic carbocycles. The lowest BCUT2D eigenvalue weighted by molar-refractivity contribution is -0.132. The molecule has 6 nitrogen and oxygen atoms in total. The lowest BCUT2D eigenvalue weighted by Crippen LogP contribution is -2.32. The van der Waals surface area contributed by atoms with Crippen molar-refractivity contribution in [2.24, 2.45) is 0 Å². The van der Waals surface area contributed by atoms with Gasteiger partial charge in [-0.05, 0) is 31.0 Å². The number of rotatable bonds is 4. The van der Waals surface area contributed by atoms with Crippen LogP contribution < -0.4 is 10.5 Å². The molecule has 0 unspecified atom stereocenters. The normalized spacial score (nSPS) is 14.4. The Labute approximate surface area is 110 Å². The summed E-state index contributed by atoms with van der Waals surface area (Å²) in [6, 6.07) is 4.18. The van der Waals surface area contributed by atoms with Crippen LogP contribution >= 0.6 is 0 Å². The molecule has 1 fully saturated rings. The summed E-state index contributed by atoms with van der Waals surface area (Å²) in [6.07, 6.45) is 2.03. The minimum absolute atomic E-state index is 0.0813. The molecule has 0 atom stereocenters. The van der Waals surface area contributed by atoms with Crippen LogP contribution in [0.4, 0.5) is 5.69 Å². The van der Waals surface area contributed by atoms with E-state index in [1.165, 1.54) is 18.2 Å². The zero-order chi connectivity index (χ0) is 13.8. The van der Waals surface area contributed by atoms with Gasteiger partial charge in [0.25, 0.3) is 5.91 Å². The summed E-state index contributed by atoms with van der Waals surface area (Å²) in [5, 5.41) is 8.88. The number of carboxylic acids is 1. The molecule has 1 aromatic rings. The third kappa shape index (κ3) is 3.15. The maximum absolute atomic E-state index is 11.8. The Kier molecular flexibility index (Phi) is 3.89. The van der Waals surface area contributed by atoms with Crippen molar-refractivity contribution < 1.29 is 19.4 Å². The van der Waals surface area contributed by atoms with Crippen molar-refractivity contribution in [3.63, 3.8) is 0 Å². The molecule has 1 saturated heterocycles. The minimum atomic E-state index is -1.06. The molecular formula is C13H16N2O4. The number of benzene rings is 1. The van der Waals surface area contributed by atoms with E-state index in [1.54, 1.807) is 4.90 Å². The number of hydrogen-bond donors (Lipinski definition) is 2. The molecule has 3 N–H and O–H groups in total. The van der Waals surface area contributed by atoms with E-state index in [-0.39, 0.29) is 23.8 Å². The summed E-state index contributed by atoms with van der Waals surface area (Å²) < 4.78 is 5.32. The highest BCUT2D eigenvalue weighted by Gasteiger charge is 2.18. The Morgan fingerprint density at radius 2 is 2.00 bits per heavy atom. The summed E-state index contributed by atoms with van der Waals surface area (Å²) in [6.45, 7) is 1.40. The Hall–Kier alpha value is -2.24. The number of amides is 1. The number of aromatic carboxylic acids is 1. The Morgan fingerprint density at radius 1 is 1.32 bits per heavy atom. The zero-order valence-electron chi connectivity index (χ0n) is 10.5. The third-order valence-corrected chi connectivity index (χ3v) is 3.07. The fourth-order valence-electron chi connectivity index (χ4n) is 1.99. The van der Waals surface area contributed by atoms with Gasteiger partial charge >= 0.3 is 5.97 Å². The Balaban J connectivity index is 2.00. The first-order valence-corrected chi connectivity index (χ1v) is 6.11. The van der Waals surface area contributed by atoms with Gasteiger partial charge in [-0.15, -0.1) is 0 Å². The van der Waals surface area contributed by atoms with E-state index in [1.807, 2.05) is 0 Å². The van der Waals surface area contributed by atoms with Crippen molar-refractivity contribution in [2.45, 2.75) is 12.8 Å². The molecule has 19 heavy (non-hydrogen) atoms. The van der Waals surface area contributed by atoms with Crippen LogP contribution in [-0.2, 0) is 4.79 Å². The van der Waals surface area contributed by atoms with Crippen LogP contribution in [0, 0.1) is 0 Å². The summed E-state index contributed by atoms with van der Waals surface area (Å²) in [7, 11) is 0. The van der Waals surface area contributed by atoms with E-state index in [9.17, 15) is 9.59 Å². The first kappa shape index (κ1) is 13.2. The number of anilines is 1. The topological polar surface area (TPSA) is 92.9 Å². The molecule has 0 radical (unpaired) electrons. The largest absolute Gasteiger partial charge is 0.482 e. The van der Waals surface area contributed by atoms with Gasteiger partial charge in [0, 0.05) is 13.1 Å². The van der Waals surface area contributed by atoms with Gasteiger partial charge in [-0.3, -0.25) is 4.79 Å². The van der Waals surface area contributed by atoms with E-state index in [0.29, 0.717) is 5.69 Å². The van der Waals surface area contributed by atoms with Crippen molar-refractivity contribution in [1.82, 2.24) is 4.90 Å². The standard InChI is InChI=1S/C13H16N2O4/c14-10-4-3-9(13(17)18)7-11(10)19-8-12(16)15-5-1-2-6-15/h3-4,7H,1-2,5-6,8,14H2,(H,17,18). The number of ether oxygens (including phenoxy) is 1. The fraction of sp³-hybridized carbons (Fsp3) is 0.385. The van der Waals surface area contributed by atoms with Crippen LogP contribution in [-0.4, -0.2) is 41.6 Å². The van der Waals surface area contributed by atoms with E-state index in [4.69, 9.17) is 15.6 Å². The van der Waals surface area contributed by atoms with E-state index >= 15 is 0 Å². The zero-order valence-corrected chi connectivity index (χ0v) is 10.5. The number of likely N-dealkylation sites (tertiary alicyclic amines) is 1. The molecular weight excluding hydrogens is 248 g/mol. The number of carbonyl (C=O) groups is 2. The first-order chi connectivity index (χ1) is 9.08. The second kappa shape index (κ2) is 5.60. The molecule has 102 valence electrons. The highest BCUT2D eigenvalue weighted by atomic mass is 16.5. The number of nitrogens with zero attached hydrogens (tertiary/aromatic N) is 1. The van der Waals surface area contributed by atoms with Crippen molar-refractivity contribution in [2.75, 3.05) is 25.4 Å². The highest BCUT2D eigenvalue weighted by Crippen LogP contribution is 2.23. The molecule has 1 amide bonds. The average molecular weight is 264 g/mol. The summed E-state index contributed by atoms with van der Waals surface area (Å²) in [5.41, 5.74) is 6.09. The van der Waals surface area contributed by atoms with Crippen LogP contribution in [0.5, 0.6) is 5.75 Å². The predicted octanol–water partition coefficient (Wildman–Crippen LogP) is 0.968. The second-order valence-corrected chi connectivity index (χ2v) is 4.43. The minimum Gasteiger partial charge on any atom is -0.482 e. The predicted molar refractivity (Wildman–Crippen MR) is 69.1 cm³/mol. The Morgan fingerprint density at radius 3 is 2.63 bits per heavy atom. The van der Waals surface area contributed by atoms with Gasteiger partial charge in [0.05, 0.1) is 11.3 Å². The summed E-state index contributed by atoms with van der Waals surface area (Å²) in [4.78, 5) is 24.4. The number of nitrogen functional groups attached to an aromatic ring is 1. The molecule has 2 rings (SSSR count). The summed E-state index contributed by atoms with van der Waals surface area (Å²) in [5.74, 6) is -0.930. The number of carboxylic acid groups (broad SMARTS) is 1. The van der Waals surface area contributed by atoms with Gasteiger partial charge in [-0.2, -0.15) is 0 Å². The van der Waals surface area contributed by atoms with Crippen molar-refractivity contribution in [3.8, 4) is 5.75 Å². The van der Waals surface area contributed by atoms with E-state index in [0.717, 1.165) is 25.9 Å². The number of hydrogen-bond acceptors (Lipinski definition) is 4. The molecule has 1 aromatic carbocycles. The lowest BCUT2D eigenvalue weighted by atomic mass is 10.2. The van der Waals surface area contributed by atoms with E-state index in [2.05, 4.69) is 0 Å².